The smallest absolute Gasteiger partial charge is 0.141 e. The highest BCUT2D eigenvalue weighted by molar-refractivity contribution is 5.46. The van der Waals surface area contributed by atoms with E-state index < -0.39 is 0 Å². The van der Waals surface area contributed by atoms with Crippen LogP contribution in [-0.4, -0.2) is 4.98 Å². The molecule has 590 valence electrons. The van der Waals surface area contributed by atoms with Gasteiger partial charge in [-0.3, -0.25) is 4.98 Å². The third kappa shape index (κ3) is 25.2. The maximum atomic E-state index is 6.74. The fraction of sp³-hybridized carbons (Fsp3) is 0.136. The molecule has 15 aromatic rings. The molecule has 0 bridgehead atoms. The molecule has 14 aromatic carbocycles. The van der Waals surface area contributed by atoms with Gasteiger partial charge in [-0.05, 0) is 151 Å². The zero-order chi connectivity index (χ0) is 79.8. The first-order valence-corrected chi connectivity index (χ1v) is 39.2. The van der Waals surface area contributed by atoms with Crippen LogP contribution < -0.4 is 66.3 Å². The Morgan fingerprint density at radius 1 is 0.119 bits per heavy atom. The normalized spacial score (nSPS) is 10.8. The molecular formula is C103H89NO14. The number of aromatic nitrogens is 1. The highest BCUT2D eigenvalue weighted by Gasteiger charge is 2.16. The number of hydrogen-bond acceptors (Lipinski definition) is 15. The van der Waals surface area contributed by atoms with Gasteiger partial charge in [0.2, 0.25) is 0 Å². The van der Waals surface area contributed by atoms with Crippen LogP contribution in [0.4, 0.5) is 0 Å². The van der Waals surface area contributed by atoms with Gasteiger partial charge in [-0.2, -0.15) is 0 Å². The largest absolute Gasteiger partial charge is 0.489 e. The zero-order valence-corrected chi connectivity index (χ0v) is 65.3. The molecule has 0 spiro atoms. The average Bonchev–Trinajstić information content (AvgIpc) is 0.844. The summed E-state index contributed by atoms with van der Waals surface area (Å²) in [5, 5.41) is 0. The van der Waals surface area contributed by atoms with Crippen LogP contribution in [-0.2, 0) is 92.5 Å². The van der Waals surface area contributed by atoms with E-state index in [-0.39, 0.29) is 39.6 Å². The number of ether oxygens (including phenoxy) is 14. The highest BCUT2D eigenvalue weighted by Crippen LogP contribution is 2.35. The molecule has 15 heteroatoms. The van der Waals surface area contributed by atoms with E-state index >= 15 is 0 Å². The van der Waals surface area contributed by atoms with Crippen LogP contribution in [0.2, 0.25) is 0 Å². The van der Waals surface area contributed by atoms with Gasteiger partial charge in [0.1, 0.15) is 173 Å². The van der Waals surface area contributed by atoms with Gasteiger partial charge in [-0.15, -0.1) is 0 Å². The maximum Gasteiger partial charge on any atom is 0.141 e. The van der Waals surface area contributed by atoms with E-state index in [1.165, 1.54) is 0 Å². The van der Waals surface area contributed by atoms with Crippen molar-refractivity contribution in [1.29, 1.82) is 0 Å². The lowest BCUT2D eigenvalue weighted by Gasteiger charge is -2.16. The molecular weight excluding hydrogens is 1480 g/mol. The molecule has 0 amide bonds. The third-order valence-corrected chi connectivity index (χ3v) is 18.7. The molecule has 0 aliphatic carbocycles. The molecule has 0 atom stereocenters. The maximum absolute atomic E-state index is 6.74. The predicted molar refractivity (Wildman–Crippen MR) is 455 cm³/mol. The summed E-state index contributed by atoms with van der Waals surface area (Å²) in [7, 11) is 0. The summed E-state index contributed by atoms with van der Waals surface area (Å²) in [6, 6.07) is 117. The fourth-order valence-corrected chi connectivity index (χ4v) is 12.8. The molecule has 0 unspecified atom stereocenters. The summed E-state index contributed by atoms with van der Waals surface area (Å²) in [4.78, 5) is 4.60. The molecule has 1 heterocycles. The van der Waals surface area contributed by atoms with E-state index in [9.17, 15) is 0 Å². The van der Waals surface area contributed by atoms with Crippen molar-refractivity contribution >= 4 is 0 Å². The second-order valence-electron chi connectivity index (χ2n) is 28.2. The molecule has 0 saturated heterocycles. The van der Waals surface area contributed by atoms with Gasteiger partial charge >= 0.3 is 0 Å². The second kappa shape index (κ2) is 41.5. The van der Waals surface area contributed by atoms with E-state index in [2.05, 4.69) is 4.98 Å². The lowest BCUT2D eigenvalue weighted by molar-refractivity contribution is 0.270. The Morgan fingerprint density at radius 3 is 0.364 bits per heavy atom. The first-order chi connectivity index (χ1) is 58.3. The average molecular weight is 1560 g/mol. The zero-order valence-electron chi connectivity index (χ0n) is 65.3. The third-order valence-electron chi connectivity index (χ3n) is 18.7. The number of rotatable bonds is 42. The van der Waals surface area contributed by atoms with Crippen molar-refractivity contribution in [1.82, 2.24) is 4.98 Å². The lowest BCUT2D eigenvalue weighted by atomic mass is 10.2. The van der Waals surface area contributed by atoms with Crippen molar-refractivity contribution in [3.05, 3.63) is 448 Å². The van der Waals surface area contributed by atoms with E-state index in [0.29, 0.717) is 133 Å². The Bertz CT molecular complexity index is 4690. The van der Waals surface area contributed by atoms with Gasteiger partial charge < -0.3 is 66.3 Å². The molecule has 1 aromatic heterocycles. The van der Waals surface area contributed by atoms with E-state index in [0.717, 1.165) is 77.9 Å². The van der Waals surface area contributed by atoms with Crippen molar-refractivity contribution in [3.8, 4) is 80.5 Å². The van der Waals surface area contributed by atoms with Crippen LogP contribution in [0.25, 0.3) is 0 Å². The molecule has 15 rings (SSSR count). The second-order valence-corrected chi connectivity index (χ2v) is 28.2. The minimum atomic E-state index is 0.102. The SMILES string of the molecule is c1ccc(COc2cc(COc3cc(COc4cncc(OCc5cc(OCc6cc(OCc7ccccc7)cc(OCc7ccccc7)c6)cc(OCc6cc(OCc7ccccc7)cc(OCc7ccccc7)c6)c5)c4)cc(OCc4cc(OCc5ccccc5)cc(OCc5ccccc5)c4)c3)cc(OCc3ccccc3)c2)cc1. The van der Waals surface area contributed by atoms with Crippen molar-refractivity contribution in [2.45, 2.75) is 92.5 Å². The van der Waals surface area contributed by atoms with E-state index in [1.807, 2.05) is 358 Å². The van der Waals surface area contributed by atoms with Crippen molar-refractivity contribution in [2.75, 3.05) is 0 Å². The molecule has 0 N–H and O–H groups in total. The number of hydrogen-bond donors (Lipinski definition) is 0. The van der Waals surface area contributed by atoms with Crippen LogP contribution in [0.3, 0.4) is 0 Å². The summed E-state index contributed by atoms with van der Waals surface area (Å²) in [5.41, 5.74) is 13.1. The minimum absolute atomic E-state index is 0.102. The Balaban J connectivity index is 0.684. The van der Waals surface area contributed by atoms with Gasteiger partial charge in [0.05, 0.1) is 12.4 Å². The molecule has 15 nitrogen and oxygen atoms in total. The summed E-state index contributed by atoms with van der Waals surface area (Å²) in [6.45, 7) is 3.83. The van der Waals surface area contributed by atoms with Crippen LogP contribution in [0.15, 0.2) is 370 Å². The summed E-state index contributed by atoms with van der Waals surface area (Å²) >= 11 is 0. The summed E-state index contributed by atoms with van der Waals surface area (Å²) < 4.78 is 91.4. The van der Waals surface area contributed by atoms with Gasteiger partial charge in [0.15, 0.2) is 0 Å². The Labute approximate surface area is 688 Å². The van der Waals surface area contributed by atoms with Gasteiger partial charge in [0.25, 0.3) is 0 Å². The number of nitrogens with zero attached hydrogens (tertiary/aromatic N) is 1. The molecule has 118 heavy (non-hydrogen) atoms. The van der Waals surface area contributed by atoms with Crippen LogP contribution in [0.1, 0.15) is 77.9 Å². The van der Waals surface area contributed by atoms with E-state index in [4.69, 9.17) is 66.3 Å². The van der Waals surface area contributed by atoms with Crippen LogP contribution in [0.5, 0.6) is 80.5 Å². The van der Waals surface area contributed by atoms with Crippen LogP contribution in [0, 0.1) is 0 Å². The molecule has 0 fully saturated rings. The lowest BCUT2D eigenvalue weighted by Crippen LogP contribution is -2.04. The molecule has 0 aliphatic heterocycles. The summed E-state index contributed by atoms with van der Waals surface area (Å²) in [6.07, 6.45) is 3.30. The topological polar surface area (TPSA) is 142 Å². The van der Waals surface area contributed by atoms with Crippen molar-refractivity contribution in [3.63, 3.8) is 0 Å². The van der Waals surface area contributed by atoms with E-state index in [1.54, 1.807) is 12.4 Å². The molecule has 0 aliphatic rings. The highest BCUT2D eigenvalue weighted by atomic mass is 16.5. The van der Waals surface area contributed by atoms with Crippen LogP contribution >= 0.6 is 0 Å². The predicted octanol–water partition coefficient (Wildman–Crippen LogP) is 23.2. The Hall–Kier alpha value is -14.6. The number of pyridine rings is 1. The quantitative estimate of drug-likeness (QED) is 0.0358. The van der Waals surface area contributed by atoms with Crippen molar-refractivity contribution in [2.24, 2.45) is 0 Å². The monoisotopic (exact) mass is 1560 g/mol. The first-order valence-electron chi connectivity index (χ1n) is 39.2. The Morgan fingerprint density at radius 2 is 0.229 bits per heavy atom. The Kier molecular flexibility index (Phi) is 27.6. The summed E-state index contributed by atoms with van der Waals surface area (Å²) in [5.74, 6) is 8.18. The van der Waals surface area contributed by atoms with Gasteiger partial charge in [-0.1, -0.05) is 243 Å². The van der Waals surface area contributed by atoms with Gasteiger partial charge in [-0.25, -0.2) is 0 Å². The van der Waals surface area contributed by atoms with Crippen molar-refractivity contribution < 1.29 is 66.3 Å². The molecule has 0 radical (unpaired) electrons. The standard InChI is InChI=1S/C103H89NO14/c1-9-25-76(26-10-1)62-105-90-41-84(42-91(53-90)106-63-77-27-11-2-12-28-77)70-113-98-49-88(50-99(57-98)114-71-85-43-92(107-64-78-29-13-3-14-30-78)54-93(44-85)108-65-79-31-15-4-16-32-79)74-117-102-59-103(61-104-60-102)118-75-89-51-100(115-72-86-45-94(109-66-80-33-17-5-18-34-80)55-95(46-86)110-67-81-35-19-6-20-36-81)58-101(52-89)116-73-87-47-96(111-68-82-37-21-7-22-38-82)56-97(48-87)112-69-83-39-23-8-24-40-83/h1-61H,62-75H2. The number of benzene rings is 14. The minimum Gasteiger partial charge on any atom is -0.489 e. The van der Waals surface area contributed by atoms with Gasteiger partial charge in [0, 0.05) is 42.5 Å². The first kappa shape index (κ1) is 78.7. The fourth-order valence-electron chi connectivity index (χ4n) is 12.8. The molecule has 0 saturated carbocycles.